The second-order valence-corrected chi connectivity index (χ2v) is 6.72. The summed E-state index contributed by atoms with van der Waals surface area (Å²) in [4.78, 5) is 16.8. The van der Waals surface area contributed by atoms with Gasteiger partial charge in [-0.05, 0) is 37.3 Å². The van der Waals surface area contributed by atoms with E-state index in [1.165, 1.54) is 23.5 Å². The number of hydrogen-bond donors (Lipinski definition) is 0. The van der Waals surface area contributed by atoms with Gasteiger partial charge in [0.15, 0.2) is 4.80 Å². The number of terminal acetylenes is 1. The number of para-hydroxylation sites is 1. The number of thiazole rings is 1. The normalized spacial score (nSPS) is 12.2. The summed E-state index contributed by atoms with van der Waals surface area (Å²) >= 11 is 1.21. The molecular weight excluding hydrogens is 389 g/mol. The van der Waals surface area contributed by atoms with Gasteiger partial charge in [-0.2, -0.15) is 18.2 Å². The molecule has 3 aromatic rings. The molecule has 0 saturated carbocycles. The van der Waals surface area contributed by atoms with E-state index < -0.39 is 17.6 Å². The fourth-order valence-electron chi connectivity index (χ4n) is 2.67. The van der Waals surface area contributed by atoms with E-state index in [1.54, 1.807) is 10.6 Å². The Labute approximate surface area is 162 Å². The average Bonchev–Trinajstić information content (AvgIpc) is 3.00. The third kappa shape index (κ3) is 3.94. The fraction of sp³-hybridized carbons (Fsp3) is 0.200. The van der Waals surface area contributed by atoms with Gasteiger partial charge in [0, 0.05) is 5.56 Å². The Bertz CT molecular complexity index is 1140. The van der Waals surface area contributed by atoms with Crippen LogP contribution in [0.25, 0.3) is 10.2 Å². The number of hydrogen-bond acceptors (Lipinski definition) is 3. The summed E-state index contributed by atoms with van der Waals surface area (Å²) in [6, 6.07) is 9.60. The zero-order valence-corrected chi connectivity index (χ0v) is 15.6. The summed E-state index contributed by atoms with van der Waals surface area (Å²) in [7, 11) is 0. The molecule has 0 fully saturated rings. The van der Waals surface area contributed by atoms with Crippen LogP contribution in [0, 0.1) is 12.3 Å². The van der Waals surface area contributed by atoms with Crippen molar-refractivity contribution in [2.24, 2.45) is 4.99 Å². The van der Waals surface area contributed by atoms with Gasteiger partial charge < -0.3 is 9.30 Å². The van der Waals surface area contributed by atoms with Crippen molar-refractivity contribution < 1.29 is 22.7 Å². The number of ether oxygens (including phenoxy) is 1. The van der Waals surface area contributed by atoms with Crippen molar-refractivity contribution in [1.29, 1.82) is 0 Å². The number of nitrogens with zero attached hydrogens (tertiary/aromatic N) is 2. The van der Waals surface area contributed by atoms with Crippen LogP contribution in [-0.4, -0.2) is 17.1 Å². The third-order valence-corrected chi connectivity index (χ3v) is 4.89. The van der Waals surface area contributed by atoms with Gasteiger partial charge in [-0.15, -0.1) is 6.42 Å². The number of amides is 1. The molecule has 0 N–H and O–H groups in total. The summed E-state index contributed by atoms with van der Waals surface area (Å²) in [5.74, 6) is 2.33. The number of rotatable bonds is 4. The minimum absolute atomic E-state index is 0.138. The van der Waals surface area contributed by atoms with Gasteiger partial charge in [0.05, 0.1) is 23.4 Å². The molecule has 0 saturated heterocycles. The number of benzene rings is 2. The highest BCUT2D eigenvalue weighted by Gasteiger charge is 2.30. The summed E-state index contributed by atoms with van der Waals surface area (Å²) < 4.78 is 46.8. The highest BCUT2D eigenvalue weighted by atomic mass is 32.1. The first-order chi connectivity index (χ1) is 13.3. The minimum Gasteiger partial charge on any atom is -0.492 e. The van der Waals surface area contributed by atoms with Crippen molar-refractivity contribution in [3.63, 3.8) is 0 Å². The van der Waals surface area contributed by atoms with Gasteiger partial charge >= 0.3 is 6.18 Å². The Hall–Kier alpha value is -3.05. The van der Waals surface area contributed by atoms with Crippen molar-refractivity contribution >= 4 is 27.5 Å². The largest absolute Gasteiger partial charge is 0.492 e. The maximum absolute atomic E-state index is 12.9. The Morgan fingerprint density at radius 1 is 1.29 bits per heavy atom. The summed E-state index contributed by atoms with van der Waals surface area (Å²) in [6.45, 7) is 2.43. The number of carbonyl (C=O) groups excluding carboxylic acids is 1. The number of alkyl halides is 3. The van der Waals surface area contributed by atoms with Crippen LogP contribution < -0.4 is 9.54 Å². The molecule has 0 unspecified atom stereocenters. The van der Waals surface area contributed by atoms with Crippen LogP contribution in [0.1, 0.15) is 22.8 Å². The molecule has 28 heavy (non-hydrogen) atoms. The van der Waals surface area contributed by atoms with Gasteiger partial charge in [-0.25, -0.2) is 0 Å². The molecule has 1 heterocycles. The van der Waals surface area contributed by atoms with E-state index in [4.69, 9.17) is 11.2 Å². The van der Waals surface area contributed by atoms with Crippen molar-refractivity contribution in [3.8, 4) is 18.1 Å². The van der Waals surface area contributed by atoms with Gasteiger partial charge in [0.1, 0.15) is 11.3 Å². The first-order valence-electron chi connectivity index (χ1n) is 8.30. The van der Waals surface area contributed by atoms with Crippen molar-refractivity contribution in [3.05, 3.63) is 58.4 Å². The van der Waals surface area contributed by atoms with E-state index in [9.17, 15) is 18.0 Å². The topological polar surface area (TPSA) is 43.6 Å². The fourth-order valence-corrected chi connectivity index (χ4v) is 3.72. The van der Waals surface area contributed by atoms with Gasteiger partial charge in [0.2, 0.25) is 0 Å². The van der Waals surface area contributed by atoms with Crippen LogP contribution in [0.2, 0.25) is 0 Å². The van der Waals surface area contributed by atoms with E-state index in [1.807, 2.05) is 19.1 Å². The standard InChI is InChI=1S/C20H15F3N2O2S/c1-3-11-25-17-15(27-4-2)9-6-10-16(17)28-19(25)24-18(26)13-7-5-8-14(12-13)20(21,22)23/h1,5-10,12H,4,11H2,2H3. The number of halogens is 3. The molecule has 144 valence electrons. The molecule has 0 aliphatic carbocycles. The maximum atomic E-state index is 12.9. The number of fused-ring (bicyclic) bond motifs is 1. The predicted octanol–water partition coefficient (Wildman–Crippen LogP) is 4.49. The maximum Gasteiger partial charge on any atom is 0.416 e. The lowest BCUT2D eigenvalue weighted by molar-refractivity contribution is -0.137. The number of aromatic nitrogens is 1. The van der Waals surface area contributed by atoms with Crippen LogP contribution in [0.4, 0.5) is 13.2 Å². The Morgan fingerprint density at radius 3 is 2.71 bits per heavy atom. The van der Waals surface area contributed by atoms with Gasteiger partial charge in [-0.1, -0.05) is 29.4 Å². The SMILES string of the molecule is C#CCn1c(=NC(=O)c2cccc(C(F)(F)F)c2)sc2cccc(OCC)c21. The summed E-state index contributed by atoms with van der Waals surface area (Å²) in [5, 5.41) is 0. The molecule has 4 nitrogen and oxygen atoms in total. The van der Waals surface area contributed by atoms with Crippen LogP contribution in [-0.2, 0) is 12.7 Å². The molecule has 0 radical (unpaired) electrons. The highest BCUT2D eigenvalue weighted by Crippen LogP contribution is 2.30. The Kier molecular flexibility index (Phi) is 5.56. The zero-order valence-electron chi connectivity index (χ0n) is 14.8. The Balaban J connectivity index is 2.14. The van der Waals surface area contributed by atoms with E-state index in [-0.39, 0.29) is 12.1 Å². The lowest BCUT2D eigenvalue weighted by Crippen LogP contribution is -2.17. The summed E-state index contributed by atoms with van der Waals surface area (Å²) in [6.07, 6.45) is 0.917. The molecule has 2 aromatic carbocycles. The number of carbonyl (C=O) groups is 1. The predicted molar refractivity (Wildman–Crippen MR) is 101 cm³/mol. The lowest BCUT2D eigenvalue weighted by Gasteiger charge is -2.08. The first-order valence-corrected chi connectivity index (χ1v) is 9.11. The molecule has 3 rings (SSSR count). The highest BCUT2D eigenvalue weighted by molar-refractivity contribution is 7.16. The monoisotopic (exact) mass is 404 g/mol. The van der Waals surface area contributed by atoms with E-state index in [0.717, 1.165) is 16.8 Å². The second-order valence-electron chi connectivity index (χ2n) is 5.71. The lowest BCUT2D eigenvalue weighted by atomic mass is 10.1. The third-order valence-electron chi connectivity index (χ3n) is 3.85. The molecule has 0 atom stereocenters. The molecule has 1 amide bonds. The van der Waals surface area contributed by atoms with Crippen LogP contribution in [0.3, 0.4) is 0 Å². The quantitative estimate of drug-likeness (QED) is 0.601. The van der Waals surface area contributed by atoms with Crippen molar-refractivity contribution in [1.82, 2.24) is 4.57 Å². The molecule has 0 bridgehead atoms. The molecule has 8 heteroatoms. The Morgan fingerprint density at radius 2 is 2.04 bits per heavy atom. The smallest absolute Gasteiger partial charge is 0.416 e. The molecule has 0 aliphatic heterocycles. The molecule has 1 aromatic heterocycles. The van der Waals surface area contributed by atoms with Crippen molar-refractivity contribution in [2.45, 2.75) is 19.6 Å². The van der Waals surface area contributed by atoms with Crippen LogP contribution >= 0.6 is 11.3 Å². The van der Waals surface area contributed by atoms with Gasteiger partial charge in [0.25, 0.3) is 5.91 Å². The van der Waals surface area contributed by atoms with E-state index >= 15 is 0 Å². The van der Waals surface area contributed by atoms with Crippen LogP contribution in [0.15, 0.2) is 47.5 Å². The van der Waals surface area contributed by atoms with Crippen molar-refractivity contribution in [2.75, 3.05) is 6.61 Å². The minimum atomic E-state index is -4.54. The second kappa shape index (κ2) is 7.90. The molecule has 0 spiro atoms. The van der Waals surface area contributed by atoms with E-state index in [0.29, 0.717) is 22.7 Å². The average molecular weight is 404 g/mol. The molecule has 0 aliphatic rings. The van der Waals surface area contributed by atoms with Crippen LogP contribution in [0.5, 0.6) is 5.75 Å². The zero-order chi connectivity index (χ0) is 20.3. The summed E-state index contributed by atoms with van der Waals surface area (Å²) in [5.41, 5.74) is -0.354. The first kappa shape index (κ1) is 19.7. The van der Waals surface area contributed by atoms with Gasteiger partial charge in [-0.3, -0.25) is 4.79 Å². The molecular formula is C20H15F3N2O2S. The van der Waals surface area contributed by atoms with E-state index in [2.05, 4.69) is 10.9 Å².